The number of anilines is 2. The fourth-order valence-electron chi connectivity index (χ4n) is 2.27. The molecule has 118 valence electrons. The molecule has 1 unspecified atom stereocenters. The zero-order valence-electron chi connectivity index (χ0n) is 12.0. The average molecular weight is 303 g/mol. The summed E-state index contributed by atoms with van der Waals surface area (Å²) >= 11 is 0. The van der Waals surface area contributed by atoms with Gasteiger partial charge in [-0.25, -0.2) is 4.98 Å². The van der Waals surface area contributed by atoms with Crippen molar-refractivity contribution < 1.29 is 17.9 Å². The number of aromatic nitrogens is 1. The molecular weight excluding hydrogens is 283 g/mol. The highest BCUT2D eigenvalue weighted by molar-refractivity contribution is 5.49. The second kappa shape index (κ2) is 6.98. The van der Waals surface area contributed by atoms with Gasteiger partial charge in [-0.15, -0.1) is 0 Å². The lowest BCUT2D eigenvalue weighted by atomic mass is 10.0. The molecule has 21 heavy (non-hydrogen) atoms. The molecule has 1 aromatic heterocycles. The van der Waals surface area contributed by atoms with Crippen LogP contribution in [0.15, 0.2) is 12.1 Å². The number of hydrogen-bond donors (Lipinski definition) is 2. The SMILES string of the molecule is CCNc1cc(C(F)(F)F)cc(NCC2CCCOC2)n1. The van der Waals surface area contributed by atoms with Crippen LogP contribution in [0, 0.1) is 5.92 Å². The lowest BCUT2D eigenvalue weighted by Gasteiger charge is -2.22. The zero-order chi connectivity index (χ0) is 15.3. The largest absolute Gasteiger partial charge is 0.416 e. The summed E-state index contributed by atoms with van der Waals surface area (Å²) in [5.41, 5.74) is -0.698. The smallest absolute Gasteiger partial charge is 0.381 e. The van der Waals surface area contributed by atoms with E-state index in [4.69, 9.17) is 4.74 Å². The normalized spacial score (nSPS) is 19.3. The summed E-state index contributed by atoms with van der Waals surface area (Å²) in [5, 5.41) is 5.82. The van der Waals surface area contributed by atoms with Gasteiger partial charge in [0.2, 0.25) is 0 Å². The Kier molecular flexibility index (Phi) is 5.27. The van der Waals surface area contributed by atoms with Crippen LogP contribution < -0.4 is 10.6 Å². The van der Waals surface area contributed by atoms with Crippen molar-refractivity contribution in [3.63, 3.8) is 0 Å². The number of nitrogens with zero attached hydrogens (tertiary/aromatic N) is 1. The van der Waals surface area contributed by atoms with Crippen LogP contribution in [0.3, 0.4) is 0 Å². The second-order valence-corrected chi connectivity index (χ2v) is 5.12. The molecule has 1 fully saturated rings. The van der Waals surface area contributed by atoms with E-state index in [0.29, 0.717) is 25.6 Å². The number of halogens is 3. The van der Waals surface area contributed by atoms with Crippen molar-refractivity contribution in [2.45, 2.75) is 25.9 Å². The van der Waals surface area contributed by atoms with E-state index >= 15 is 0 Å². The Bertz CT molecular complexity index is 459. The number of pyridine rings is 1. The van der Waals surface area contributed by atoms with Gasteiger partial charge in [-0.1, -0.05) is 0 Å². The first-order valence-corrected chi connectivity index (χ1v) is 7.14. The minimum absolute atomic E-state index is 0.231. The first kappa shape index (κ1) is 15.9. The standard InChI is InChI=1S/C14H20F3N3O/c1-2-18-12-6-11(14(15,16)17)7-13(20-12)19-8-10-4-3-5-21-9-10/h6-7,10H,2-5,8-9H2,1H3,(H2,18,19,20). The third-order valence-corrected chi connectivity index (χ3v) is 3.34. The molecule has 0 bridgehead atoms. The highest BCUT2D eigenvalue weighted by Crippen LogP contribution is 2.32. The Hall–Kier alpha value is -1.50. The molecule has 1 aromatic rings. The molecule has 1 saturated heterocycles. The maximum Gasteiger partial charge on any atom is 0.416 e. The maximum absolute atomic E-state index is 12.9. The fourth-order valence-corrected chi connectivity index (χ4v) is 2.27. The van der Waals surface area contributed by atoms with Gasteiger partial charge in [0.25, 0.3) is 0 Å². The predicted molar refractivity (Wildman–Crippen MR) is 75.4 cm³/mol. The first-order valence-electron chi connectivity index (χ1n) is 7.14. The Balaban J connectivity index is 2.07. The Labute approximate surface area is 122 Å². The van der Waals surface area contributed by atoms with Crippen LogP contribution in [0.2, 0.25) is 0 Å². The van der Waals surface area contributed by atoms with E-state index in [1.54, 1.807) is 0 Å². The van der Waals surface area contributed by atoms with E-state index in [1.807, 2.05) is 6.92 Å². The minimum Gasteiger partial charge on any atom is -0.381 e. The Morgan fingerprint density at radius 1 is 1.29 bits per heavy atom. The van der Waals surface area contributed by atoms with Crippen molar-refractivity contribution in [3.8, 4) is 0 Å². The van der Waals surface area contributed by atoms with Gasteiger partial charge in [0.1, 0.15) is 11.6 Å². The zero-order valence-corrected chi connectivity index (χ0v) is 12.0. The average Bonchev–Trinajstić information content (AvgIpc) is 2.45. The first-order chi connectivity index (χ1) is 9.99. The number of rotatable bonds is 5. The van der Waals surface area contributed by atoms with Crippen LogP contribution in [0.5, 0.6) is 0 Å². The van der Waals surface area contributed by atoms with Gasteiger partial charge in [-0.05, 0) is 37.8 Å². The monoisotopic (exact) mass is 303 g/mol. The van der Waals surface area contributed by atoms with Crippen molar-refractivity contribution in [1.82, 2.24) is 4.98 Å². The van der Waals surface area contributed by atoms with E-state index in [0.717, 1.165) is 31.6 Å². The van der Waals surface area contributed by atoms with E-state index in [9.17, 15) is 13.2 Å². The van der Waals surface area contributed by atoms with Crippen LogP contribution in [-0.2, 0) is 10.9 Å². The highest BCUT2D eigenvalue weighted by atomic mass is 19.4. The van der Waals surface area contributed by atoms with E-state index in [2.05, 4.69) is 15.6 Å². The molecule has 0 saturated carbocycles. The summed E-state index contributed by atoms with van der Waals surface area (Å²) in [6.45, 7) is 4.31. The van der Waals surface area contributed by atoms with Gasteiger partial charge in [-0.3, -0.25) is 0 Å². The van der Waals surface area contributed by atoms with Crippen molar-refractivity contribution in [2.24, 2.45) is 5.92 Å². The molecule has 0 radical (unpaired) electrons. The third-order valence-electron chi connectivity index (χ3n) is 3.34. The quantitative estimate of drug-likeness (QED) is 0.875. The molecule has 1 aliphatic heterocycles. The van der Waals surface area contributed by atoms with E-state index in [1.165, 1.54) is 0 Å². The molecule has 0 spiro atoms. The predicted octanol–water partition coefficient (Wildman–Crippen LogP) is 3.37. The molecule has 1 aliphatic rings. The van der Waals surface area contributed by atoms with Crippen molar-refractivity contribution in [3.05, 3.63) is 17.7 Å². The van der Waals surface area contributed by atoms with Gasteiger partial charge < -0.3 is 15.4 Å². The summed E-state index contributed by atoms with van der Waals surface area (Å²) in [5.74, 6) is 0.791. The highest BCUT2D eigenvalue weighted by Gasteiger charge is 2.31. The summed E-state index contributed by atoms with van der Waals surface area (Å²) < 4.78 is 44.0. The summed E-state index contributed by atoms with van der Waals surface area (Å²) in [4.78, 5) is 4.16. The van der Waals surface area contributed by atoms with Gasteiger partial charge >= 0.3 is 6.18 Å². The molecule has 1 atom stereocenters. The van der Waals surface area contributed by atoms with Gasteiger partial charge in [-0.2, -0.15) is 13.2 Å². The van der Waals surface area contributed by atoms with Crippen molar-refractivity contribution >= 4 is 11.6 Å². The van der Waals surface area contributed by atoms with E-state index in [-0.39, 0.29) is 11.6 Å². The van der Waals surface area contributed by atoms with Gasteiger partial charge in [0.05, 0.1) is 12.2 Å². The van der Waals surface area contributed by atoms with Crippen LogP contribution in [0.1, 0.15) is 25.3 Å². The topological polar surface area (TPSA) is 46.2 Å². The maximum atomic E-state index is 12.9. The summed E-state index contributed by atoms with van der Waals surface area (Å²) in [7, 11) is 0. The number of hydrogen-bond acceptors (Lipinski definition) is 4. The van der Waals surface area contributed by atoms with Crippen molar-refractivity contribution in [1.29, 1.82) is 0 Å². The minimum atomic E-state index is -4.38. The molecule has 4 nitrogen and oxygen atoms in total. The second-order valence-electron chi connectivity index (χ2n) is 5.12. The van der Waals surface area contributed by atoms with E-state index < -0.39 is 11.7 Å². The lowest BCUT2D eigenvalue weighted by molar-refractivity contribution is -0.137. The Morgan fingerprint density at radius 3 is 2.57 bits per heavy atom. The number of alkyl halides is 3. The molecule has 2 heterocycles. The molecule has 2 rings (SSSR count). The molecule has 0 amide bonds. The van der Waals surface area contributed by atoms with Gasteiger partial charge in [0.15, 0.2) is 0 Å². The number of nitrogens with one attached hydrogen (secondary N) is 2. The summed E-state index contributed by atoms with van der Waals surface area (Å²) in [6.07, 6.45) is -2.37. The van der Waals surface area contributed by atoms with Gasteiger partial charge in [0, 0.05) is 19.7 Å². The number of ether oxygens (including phenoxy) is 1. The van der Waals surface area contributed by atoms with Crippen molar-refractivity contribution in [2.75, 3.05) is 36.9 Å². The van der Waals surface area contributed by atoms with Crippen LogP contribution >= 0.6 is 0 Å². The molecule has 7 heteroatoms. The molecule has 2 N–H and O–H groups in total. The third kappa shape index (κ3) is 4.77. The molecule has 0 aliphatic carbocycles. The summed E-state index contributed by atoms with van der Waals surface area (Å²) in [6, 6.07) is 2.07. The van der Waals surface area contributed by atoms with Crippen LogP contribution in [0.4, 0.5) is 24.8 Å². The molecule has 0 aromatic carbocycles. The fraction of sp³-hybridized carbons (Fsp3) is 0.643. The molecular formula is C14H20F3N3O. The lowest BCUT2D eigenvalue weighted by Crippen LogP contribution is -2.24. The van der Waals surface area contributed by atoms with Crippen LogP contribution in [0.25, 0.3) is 0 Å². The Morgan fingerprint density at radius 2 is 2.00 bits per heavy atom. The van der Waals surface area contributed by atoms with Crippen LogP contribution in [-0.4, -0.2) is 31.3 Å².